The van der Waals surface area contributed by atoms with E-state index in [1.54, 1.807) is 0 Å². The fraction of sp³-hybridized carbons (Fsp3) is 1.00. The second kappa shape index (κ2) is 2.78. The van der Waals surface area contributed by atoms with Crippen molar-refractivity contribution in [3.05, 3.63) is 0 Å². The molecule has 1 heteroatoms. The van der Waals surface area contributed by atoms with Gasteiger partial charge in [-0.1, -0.05) is 13.8 Å². The van der Waals surface area contributed by atoms with E-state index in [0.717, 1.165) is 23.7 Å². The van der Waals surface area contributed by atoms with Gasteiger partial charge in [-0.25, -0.2) is 0 Å². The molecule has 0 radical (unpaired) electrons. The molecule has 0 aromatic heterocycles. The van der Waals surface area contributed by atoms with Gasteiger partial charge < -0.3 is 5.32 Å². The van der Waals surface area contributed by atoms with Crippen LogP contribution in [-0.4, -0.2) is 13.1 Å². The van der Waals surface area contributed by atoms with Gasteiger partial charge >= 0.3 is 0 Å². The minimum atomic E-state index is 0.925. The van der Waals surface area contributed by atoms with Crippen molar-refractivity contribution in [3.8, 4) is 0 Å². The summed E-state index contributed by atoms with van der Waals surface area (Å²) < 4.78 is 0. The molecule has 0 aromatic carbocycles. The molecular weight excluding hydrogens is 134 g/mol. The molecule has 1 saturated carbocycles. The van der Waals surface area contributed by atoms with Gasteiger partial charge in [0.2, 0.25) is 0 Å². The summed E-state index contributed by atoms with van der Waals surface area (Å²) in [5.74, 6) is 4.10. The van der Waals surface area contributed by atoms with Gasteiger partial charge in [0.25, 0.3) is 0 Å². The molecular formula is C10H19N. The van der Waals surface area contributed by atoms with Crippen molar-refractivity contribution in [3.63, 3.8) is 0 Å². The maximum atomic E-state index is 3.48. The molecule has 64 valence electrons. The van der Waals surface area contributed by atoms with Crippen molar-refractivity contribution in [1.29, 1.82) is 0 Å². The average Bonchev–Trinajstić information content (AvgIpc) is 1.90. The van der Waals surface area contributed by atoms with Gasteiger partial charge in [0, 0.05) is 0 Å². The smallest absolute Gasteiger partial charge is 0.00176 e. The standard InChI is InChI=1S/C10H19N/c1-7(2)10-5-8-6-11-4-3-9(8)10/h7-11H,3-6H2,1-2H3. The molecule has 1 N–H and O–H groups in total. The predicted octanol–water partition coefficient (Wildman–Crippen LogP) is 1.89. The maximum absolute atomic E-state index is 3.48. The van der Waals surface area contributed by atoms with Crippen LogP contribution in [0.5, 0.6) is 0 Å². The van der Waals surface area contributed by atoms with Gasteiger partial charge in [0.05, 0.1) is 0 Å². The third-order valence-electron chi connectivity index (χ3n) is 3.65. The largest absolute Gasteiger partial charge is 0.316 e. The van der Waals surface area contributed by atoms with Crippen LogP contribution in [0.15, 0.2) is 0 Å². The number of hydrogen-bond donors (Lipinski definition) is 1. The Bertz CT molecular complexity index is 142. The summed E-state index contributed by atoms with van der Waals surface area (Å²) in [6.45, 7) is 7.32. The molecule has 2 fully saturated rings. The van der Waals surface area contributed by atoms with E-state index in [-0.39, 0.29) is 0 Å². The lowest BCUT2D eigenvalue weighted by atomic mass is 9.58. The highest BCUT2D eigenvalue weighted by molar-refractivity contribution is 4.94. The van der Waals surface area contributed by atoms with E-state index in [1.165, 1.54) is 25.9 Å². The molecule has 3 atom stereocenters. The summed E-state index contributed by atoms with van der Waals surface area (Å²) in [6, 6.07) is 0. The van der Waals surface area contributed by atoms with E-state index in [4.69, 9.17) is 0 Å². The Kier molecular flexibility index (Phi) is 1.92. The average molecular weight is 153 g/mol. The van der Waals surface area contributed by atoms with Crippen LogP contribution < -0.4 is 5.32 Å². The molecule has 2 aliphatic rings. The van der Waals surface area contributed by atoms with Crippen molar-refractivity contribution in [2.24, 2.45) is 23.7 Å². The lowest BCUT2D eigenvalue weighted by molar-refractivity contribution is 0.0103. The molecule has 0 spiro atoms. The fourth-order valence-corrected chi connectivity index (χ4v) is 2.86. The van der Waals surface area contributed by atoms with Gasteiger partial charge in [0.15, 0.2) is 0 Å². The summed E-state index contributed by atoms with van der Waals surface area (Å²) in [5.41, 5.74) is 0. The van der Waals surface area contributed by atoms with Crippen LogP contribution >= 0.6 is 0 Å². The second-order valence-electron chi connectivity index (χ2n) is 4.56. The zero-order valence-corrected chi connectivity index (χ0v) is 7.64. The third-order valence-corrected chi connectivity index (χ3v) is 3.65. The van der Waals surface area contributed by atoms with E-state index in [2.05, 4.69) is 19.2 Å². The first-order chi connectivity index (χ1) is 5.29. The van der Waals surface area contributed by atoms with Gasteiger partial charge in [-0.3, -0.25) is 0 Å². The van der Waals surface area contributed by atoms with Gasteiger partial charge in [0.1, 0.15) is 0 Å². The summed E-state index contributed by atoms with van der Waals surface area (Å²) >= 11 is 0. The first kappa shape index (κ1) is 7.60. The van der Waals surface area contributed by atoms with E-state index >= 15 is 0 Å². The van der Waals surface area contributed by atoms with Crippen LogP contribution in [0.2, 0.25) is 0 Å². The Labute approximate surface area is 69.6 Å². The zero-order chi connectivity index (χ0) is 7.84. The second-order valence-corrected chi connectivity index (χ2v) is 4.56. The number of rotatable bonds is 1. The van der Waals surface area contributed by atoms with Crippen molar-refractivity contribution in [2.45, 2.75) is 26.7 Å². The Hall–Kier alpha value is -0.0400. The molecule has 2 rings (SSSR count). The normalized spacial score (nSPS) is 43.4. The Morgan fingerprint density at radius 2 is 2.18 bits per heavy atom. The molecule has 0 bridgehead atoms. The Morgan fingerprint density at radius 3 is 2.82 bits per heavy atom. The molecule has 3 unspecified atom stereocenters. The molecule has 0 aromatic rings. The van der Waals surface area contributed by atoms with Crippen molar-refractivity contribution >= 4 is 0 Å². The van der Waals surface area contributed by atoms with Crippen LogP contribution in [-0.2, 0) is 0 Å². The molecule has 1 nitrogen and oxygen atoms in total. The highest BCUT2D eigenvalue weighted by atomic mass is 14.9. The first-order valence-electron chi connectivity index (χ1n) is 4.99. The summed E-state index contributed by atoms with van der Waals surface area (Å²) in [4.78, 5) is 0. The quantitative estimate of drug-likeness (QED) is 0.606. The van der Waals surface area contributed by atoms with Crippen LogP contribution in [0.4, 0.5) is 0 Å². The van der Waals surface area contributed by atoms with Crippen LogP contribution in [0, 0.1) is 23.7 Å². The third kappa shape index (κ3) is 1.20. The summed E-state index contributed by atoms with van der Waals surface area (Å²) in [6.07, 6.45) is 2.93. The Balaban J connectivity index is 1.91. The summed E-state index contributed by atoms with van der Waals surface area (Å²) in [7, 11) is 0. The highest BCUT2D eigenvalue weighted by Crippen LogP contribution is 2.47. The van der Waals surface area contributed by atoms with Crippen molar-refractivity contribution < 1.29 is 0 Å². The molecule has 0 amide bonds. The summed E-state index contributed by atoms with van der Waals surface area (Å²) in [5, 5.41) is 3.48. The van der Waals surface area contributed by atoms with E-state index in [1.807, 2.05) is 0 Å². The first-order valence-corrected chi connectivity index (χ1v) is 4.99. The predicted molar refractivity (Wildman–Crippen MR) is 47.4 cm³/mol. The lowest BCUT2D eigenvalue weighted by Gasteiger charge is -2.50. The Morgan fingerprint density at radius 1 is 1.36 bits per heavy atom. The maximum Gasteiger partial charge on any atom is -0.00176 e. The van der Waals surface area contributed by atoms with Crippen LogP contribution in [0.3, 0.4) is 0 Å². The number of hydrogen-bond acceptors (Lipinski definition) is 1. The lowest BCUT2D eigenvalue weighted by Crippen LogP contribution is -2.49. The van der Waals surface area contributed by atoms with Crippen LogP contribution in [0.25, 0.3) is 0 Å². The minimum absolute atomic E-state index is 0.925. The van der Waals surface area contributed by atoms with E-state index in [9.17, 15) is 0 Å². The number of piperidine rings is 1. The molecule has 1 aliphatic carbocycles. The minimum Gasteiger partial charge on any atom is -0.316 e. The fourth-order valence-electron chi connectivity index (χ4n) is 2.86. The molecule has 11 heavy (non-hydrogen) atoms. The van der Waals surface area contributed by atoms with E-state index in [0.29, 0.717) is 0 Å². The molecule has 1 saturated heterocycles. The number of nitrogens with one attached hydrogen (secondary N) is 1. The molecule has 1 heterocycles. The van der Waals surface area contributed by atoms with Crippen LogP contribution in [0.1, 0.15) is 26.7 Å². The monoisotopic (exact) mass is 153 g/mol. The SMILES string of the molecule is CC(C)C1CC2CNCCC21. The zero-order valence-electron chi connectivity index (χ0n) is 7.64. The number of fused-ring (bicyclic) bond motifs is 1. The van der Waals surface area contributed by atoms with E-state index < -0.39 is 0 Å². The molecule has 1 aliphatic heterocycles. The van der Waals surface area contributed by atoms with Crippen molar-refractivity contribution in [1.82, 2.24) is 5.32 Å². The van der Waals surface area contributed by atoms with Gasteiger partial charge in [-0.2, -0.15) is 0 Å². The van der Waals surface area contributed by atoms with Gasteiger partial charge in [-0.05, 0) is 49.6 Å². The topological polar surface area (TPSA) is 12.0 Å². The highest BCUT2D eigenvalue weighted by Gasteiger charge is 2.42. The van der Waals surface area contributed by atoms with Gasteiger partial charge in [-0.15, -0.1) is 0 Å². The van der Waals surface area contributed by atoms with Crippen molar-refractivity contribution in [2.75, 3.05) is 13.1 Å².